The van der Waals surface area contributed by atoms with Crippen LogP contribution in [0.15, 0.2) is 24.4 Å². The molecule has 216 valence electrons. The Morgan fingerprint density at radius 1 is 1.20 bits per heavy atom. The molecule has 2 fully saturated rings. The summed E-state index contributed by atoms with van der Waals surface area (Å²) in [6, 6.07) is 4.17. The van der Waals surface area contributed by atoms with Gasteiger partial charge in [0.1, 0.15) is 17.6 Å². The van der Waals surface area contributed by atoms with Crippen LogP contribution in [0.4, 0.5) is 36.3 Å². The zero-order valence-corrected chi connectivity index (χ0v) is 23.1. The lowest BCUT2D eigenvalue weighted by Crippen LogP contribution is -2.45. The molecule has 0 unspecified atom stereocenters. The Morgan fingerprint density at radius 3 is 2.62 bits per heavy atom. The van der Waals surface area contributed by atoms with E-state index in [1.54, 1.807) is 39.1 Å². The topological polar surface area (TPSA) is 99.7 Å². The van der Waals surface area contributed by atoms with E-state index in [1.807, 2.05) is 4.90 Å². The van der Waals surface area contributed by atoms with Crippen LogP contribution in [0.25, 0.3) is 0 Å². The van der Waals surface area contributed by atoms with Crippen LogP contribution in [0.2, 0.25) is 0 Å². The third-order valence-corrected chi connectivity index (χ3v) is 8.07. The highest BCUT2D eigenvalue weighted by Crippen LogP contribution is 2.44. The number of aromatic nitrogens is 2. The maximum absolute atomic E-state index is 14.2. The van der Waals surface area contributed by atoms with Crippen molar-refractivity contribution in [2.75, 3.05) is 35.8 Å². The zero-order chi connectivity index (χ0) is 28.8. The lowest BCUT2D eigenvalue weighted by molar-refractivity contribution is -0.125. The van der Waals surface area contributed by atoms with Crippen LogP contribution in [0.1, 0.15) is 62.7 Å². The average Bonchev–Trinajstić information content (AvgIpc) is 3.48. The minimum absolute atomic E-state index is 0.152. The Kier molecular flexibility index (Phi) is 7.30. The van der Waals surface area contributed by atoms with E-state index in [0.29, 0.717) is 47.8 Å². The van der Waals surface area contributed by atoms with E-state index in [-0.39, 0.29) is 49.6 Å². The second kappa shape index (κ2) is 10.4. The Hall–Kier alpha value is -3.57. The van der Waals surface area contributed by atoms with Crippen molar-refractivity contribution < 1.29 is 27.5 Å². The molecule has 0 radical (unpaired) electrons. The minimum atomic E-state index is -2.77. The normalized spacial score (nSPS) is 25.4. The molecule has 2 N–H and O–H groups in total. The molecule has 2 heterocycles. The van der Waals surface area contributed by atoms with Crippen molar-refractivity contribution in [1.82, 2.24) is 15.3 Å². The molecule has 1 aromatic carbocycles. The monoisotopic (exact) mass is 560 g/mol. The van der Waals surface area contributed by atoms with Gasteiger partial charge in [-0.1, -0.05) is 0 Å². The van der Waals surface area contributed by atoms with Crippen molar-refractivity contribution in [2.45, 2.75) is 76.6 Å². The van der Waals surface area contributed by atoms with E-state index >= 15 is 0 Å². The van der Waals surface area contributed by atoms with Crippen molar-refractivity contribution in [3.63, 3.8) is 0 Å². The van der Waals surface area contributed by atoms with E-state index < -0.39 is 23.6 Å². The Morgan fingerprint density at radius 2 is 1.98 bits per heavy atom. The largest absolute Gasteiger partial charge is 0.495 e. The second-order valence-electron chi connectivity index (χ2n) is 11.7. The van der Waals surface area contributed by atoms with Crippen LogP contribution in [0.3, 0.4) is 0 Å². The van der Waals surface area contributed by atoms with E-state index in [9.17, 15) is 22.8 Å². The van der Waals surface area contributed by atoms with Gasteiger partial charge in [0.2, 0.25) is 17.8 Å². The molecule has 2 aliphatic carbocycles. The molecule has 12 heteroatoms. The third-order valence-electron chi connectivity index (χ3n) is 8.07. The van der Waals surface area contributed by atoms with Crippen molar-refractivity contribution in [3.05, 3.63) is 30.0 Å². The number of halogens is 3. The van der Waals surface area contributed by atoms with E-state index in [4.69, 9.17) is 9.72 Å². The Bertz CT molecular complexity index is 1310. The molecular weight excluding hydrogens is 525 g/mol. The third kappa shape index (κ3) is 5.53. The van der Waals surface area contributed by atoms with Gasteiger partial charge in [0, 0.05) is 44.1 Å². The number of benzene rings is 1. The minimum Gasteiger partial charge on any atom is -0.495 e. The number of ether oxygens (including phenoxy) is 1. The zero-order valence-electron chi connectivity index (χ0n) is 23.1. The summed E-state index contributed by atoms with van der Waals surface area (Å²) in [4.78, 5) is 38.3. The molecule has 1 aliphatic heterocycles. The summed E-state index contributed by atoms with van der Waals surface area (Å²) in [5.41, 5.74) is 0.464. The molecule has 0 spiro atoms. The summed E-state index contributed by atoms with van der Waals surface area (Å²) in [5, 5.41) is 5.97. The first-order valence-corrected chi connectivity index (χ1v) is 13.6. The number of nitrogens with zero attached hydrogens (tertiary/aromatic N) is 4. The highest BCUT2D eigenvalue weighted by Gasteiger charge is 2.47. The number of amides is 2. The Labute approximate surface area is 231 Å². The molecule has 5 rings (SSSR count). The number of fused-ring (bicyclic) bond motifs is 1. The van der Waals surface area contributed by atoms with Gasteiger partial charge in [-0.3, -0.25) is 9.59 Å². The van der Waals surface area contributed by atoms with Crippen LogP contribution < -0.4 is 25.2 Å². The second-order valence-corrected chi connectivity index (χ2v) is 11.7. The molecule has 2 saturated carbocycles. The maximum Gasteiger partial charge on any atom is 0.251 e. The molecule has 40 heavy (non-hydrogen) atoms. The van der Waals surface area contributed by atoms with Crippen LogP contribution in [-0.2, 0) is 4.79 Å². The highest BCUT2D eigenvalue weighted by molar-refractivity contribution is 6.01. The van der Waals surface area contributed by atoms with Gasteiger partial charge in [0.05, 0.1) is 24.4 Å². The fourth-order valence-corrected chi connectivity index (χ4v) is 5.88. The SMILES string of the molecule is COc1cc(C(=O)N[C@H]2CC[C@@H](F)C2)ccc1Nc1ncc2c(n1)N([C@@H]1CCC(F)(F)C1)CC(C)(C)C(=O)N2C. The van der Waals surface area contributed by atoms with Crippen LogP contribution >= 0.6 is 0 Å². The molecular formula is C28H35F3N6O3. The summed E-state index contributed by atoms with van der Waals surface area (Å²) >= 11 is 0. The van der Waals surface area contributed by atoms with E-state index in [0.717, 1.165) is 0 Å². The first-order valence-electron chi connectivity index (χ1n) is 13.6. The van der Waals surface area contributed by atoms with Crippen molar-refractivity contribution in [2.24, 2.45) is 5.41 Å². The fraction of sp³-hybridized carbons (Fsp3) is 0.571. The number of methoxy groups -OCH3 is 1. The maximum atomic E-state index is 14.2. The number of rotatable bonds is 6. The molecule has 1 aromatic heterocycles. The van der Waals surface area contributed by atoms with E-state index in [1.165, 1.54) is 18.2 Å². The predicted molar refractivity (Wildman–Crippen MR) is 145 cm³/mol. The van der Waals surface area contributed by atoms with Crippen LogP contribution in [0.5, 0.6) is 5.75 Å². The molecule has 9 nitrogen and oxygen atoms in total. The standard InChI is InChI=1S/C28H35F3N6O3/c1-27(2)15-37(19-9-10-28(30,31)13-19)23-21(36(3)25(27)39)14-32-26(35-23)34-20-8-5-16(11-22(20)40-4)24(38)33-18-7-6-17(29)12-18/h5,8,11,14,17-19H,6-7,9-10,12-13,15H2,1-4H3,(H,33,38)(H,32,34,35)/t17-,18+,19-/m1/s1. The lowest BCUT2D eigenvalue weighted by atomic mass is 9.91. The van der Waals surface area contributed by atoms with Gasteiger partial charge in [0.25, 0.3) is 5.91 Å². The van der Waals surface area contributed by atoms with Crippen molar-refractivity contribution in [3.8, 4) is 5.75 Å². The summed E-state index contributed by atoms with van der Waals surface area (Å²) in [6.07, 6.45) is 1.75. The number of carbonyl (C=O) groups is 2. The lowest BCUT2D eigenvalue weighted by Gasteiger charge is -2.34. The van der Waals surface area contributed by atoms with Gasteiger partial charge >= 0.3 is 0 Å². The summed E-state index contributed by atoms with van der Waals surface area (Å²) in [7, 11) is 3.10. The van der Waals surface area contributed by atoms with Gasteiger partial charge in [-0.25, -0.2) is 18.2 Å². The van der Waals surface area contributed by atoms with Gasteiger partial charge in [-0.15, -0.1) is 0 Å². The van der Waals surface area contributed by atoms with Gasteiger partial charge in [0.15, 0.2) is 5.82 Å². The summed E-state index contributed by atoms with van der Waals surface area (Å²) in [6.45, 7) is 3.84. The van der Waals surface area contributed by atoms with Crippen molar-refractivity contribution >= 4 is 35.0 Å². The number of hydrogen-bond donors (Lipinski definition) is 2. The predicted octanol–water partition coefficient (Wildman–Crippen LogP) is 4.85. The first-order chi connectivity index (χ1) is 18.9. The van der Waals surface area contributed by atoms with Crippen molar-refractivity contribution in [1.29, 1.82) is 0 Å². The van der Waals surface area contributed by atoms with Crippen LogP contribution in [0, 0.1) is 5.41 Å². The molecule has 0 saturated heterocycles. The van der Waals surface area contributed by atoms with Gasteiger partial charge in [-0.2, -0.15) is 4.98 Å². The van der Waals surface area contributed by atoms with Gasteiger partial charge < -0.3 is 25.2 Å². The highest BCUT2D eigenvalue weighted by atomic mass is 19.3. The smallest absolute Gasteiger partial charge is 0.251 e. The average molecular weight is 561 g/mol. The number of anilines is 4. The van der Waals surface area contributed by atoms with E-state index in [2.05, 4.69) is 15.6 Å². The number of alkyl halides is 3. The molecule has 3 aliphatic rings. The fourth-order valence-electron chi connectivity index (χ4n) is 5.88. The molecule has 2 aromatic rings. The molecule has 3 atom stereocenters. The van der Waals surface area contributed by atoms with Gasteiger partial charge in [-0.05, 0) is 57.7 Å². The Balaban J connectivity index is 1.42. The number of hydrogen-bond acceptors (Lipinski definition) is 7. The quantitative estimate of drug-likeness (QED) is 0.521. The summed E-state index contributed by atoms with van der Waals surface area (Å²) < 4.78 is 47.5. The number of carbonyl (C=O) groups excluding carboxylic acids is 2. The first kappa shape index (κ1) is 28.0. The molecule has 2 amide bonds. The summed E-state index contributed by atoms with van der Waals surface area (Å²) in [5.74, 6) is -2.28. The number of nitrogens with one attached hydrogen (secondary N) is 2. The van der Waals surface area contributed by atoms with Crippen LogP contribution in [-0.4, -0.2) is 66.7 Å². The molecule has 0 bridgehead atoms.